The van der Waals surface area contributed by atoms with E-state index in [0.717, 1.165) is 4.31 Å². The number of nitrogens with one attached hydrogen (secondary N) is 1. The Labute approximate surface area is 86.9 Å². The largest absolute Gasteiger partial charge is 0.438 e. The van der Waals surface area contributed by atoms with Crippen molar-refractivity contribution in [2.75, 3.05) is 14.1 Å². The molecule has 7 nitrogen and oxygen atoms in total. The van der Waals surface area contributed by atoms with Crippen LogP contribution in [0.3, 0.4) is 0 Å². The number of hydrazine groups is 1. The number of nitrogen functional groups attached to an aromatic ring is 1. The van der Waals surface area contributed by atoms with Gasteiger partial charge in [-0.25, -0.2) is 18.6 Å². The van der Waals surface area contributed by atoms with Crippen molar-refractivity contribution in [3.8, 4) is 0 Å². The van der Waals surface area contributed by atoms with Gasteiger partial charge in [-0.3, -0.25) is 10.2 Å². The molecule has 0 aliphatic rings. The van der Waals surface area contributed by atoms with E-state index in [-0.39, 0.29) is 10.9 Å². The number of hydrogen-bond donors (Lipinski definition) is 2. The highest BCUT2D eigenvalue weighted by molar-refractivity contribution is 7.88. The van der Waals surface area contributed by atoms with Crippen LogP contribution in [0.5, 0.6) is 0 Å². The monoisotopic (exact) mass is 233 g/mol. The van der Waals surface area contributed by atoms with Gasteiger partial charge in [0.25, 0.3) is 10.0 Å². The summed E-state index contributed by atoms with van der Waals surface area (Å²) in [7, 11) is -0.929. The van der Waals surface area contributed by atoms with Crippen molar-refractivity contribution in [2.45, 2.75) is 5.09 Å². The van der Waals surface area contributed by atoms with Gasteiger partial charge in [0.2, 0.25) is 5.09 Å². The topological polar surface area (TPSA) is 106 Å². The SMILES string of the molecule is CN(C)S(=O)(=O)c1ccc(C(=O)NN)o1. The molecule has 0 radical (unpaired) electrons. The van der Waals surface area contributed by atoms with Crippen molar-refractivity contribution in [1.82, 2.24) is 9.73 Å². The predicted molar refractivity (Wildman–Crippen MR) is 51.2 cm³/mol. The van der Waals surface area contributed by atoms with E-state index in [9.17, 15) is 13.2 Å². The number of nitrogens with zero attached hydrogens (tertiary/aromatic N) is 1. The maximum atomic E-state index is 11.5. The van der Waals surface area contributed by atoms with Crippen LogP contribution in [0.15, 0.2) is 21.6 Å². The summed E-state index contributed by atoms with van der Waals surface area (Å²) in [5, 5.41) is -0.300. The molecule has 15 heavy (non-hydrogen) atoms. The lowest BCUT2D eigenvalue weighted by Gasteiger charge is -2.07. The first-order valence-electron chi connectivity index (χ1n) is 3.93. The number of carbonyl (C=O) groups excluding carboxylic acids is 1. The number of hydrogen-bond acceptors (Lipinski definition) is 5. The Hall–Kier alpha value is -1.38. The highest BCUT2D eigenvalue weighted by atomic mass is 32.2. The van der Waals surface area contributed by atoms with Gasteiger partial charge in [0, 0.05) is 14.1 Å². The quantitative estimate of drug-likeness (QED) is 0.401. The molecule has 84 valence electrons. The van der Waals surface area contributed by atoms with Crippen molar-refractivity contribution in [2.24, 2.45) is 5.84 Å². The van der Waals surface area contributed by atoms with E-state index in [1.165, 1.54) is 26.2 Å². The summed E-state index contributed by atoms with van der Waals surface area (Å²) in [6, 6.07) is 2.43. The maximum Gasteiger partial charge on any atom is 0.300 e. The second kappa shape index (κ2) is 4.01. The standard InChI is InChI=1S/C7H11N3O4S/c1-10(2)15(12,13)6-4-3-5(14-6)7(11)9-8/h3-4H,8H2,1-2H3,(H,9,11). The molecule has 0 unspecified atom stereocenters. The van der Waals surface area contributed by atoms with Gasteiger partial charge in [-0.05, 0) is 12.1 Å². The third-order valence-electron chi connectivity index (χ3n) is 1.67. The van der Waals surface area contributed by atoms with Crippen LogP contribution in [-0.2, 0) is 10.0 Å². The lowest BCUT2D eigenvalue weighted by Crippen LogP contribution is -2.29. The number of amides is 1. The van der Waals surface area contributed by atoms with Crippen LogP contribution in [0, 0.1) is 0 Å². The molecule has 1 rings (SSSR count). The molecule has 8 heteroatoms. The molecule has 0 saturated heterocycles. The minimum absolute atomic E-state index is 0.155. The summed E-state index contributed by atoms with van der Waals surface area (Å²) in [6.07, 6.45) is 0. The number of nitrogens with two attached hydrogens (primary N) is 1. The van der Waals surface area contributed by atoms with Crippen LogP contribution in [0.25, 0.3) is 0 Å². The fourth-order valence-corrected chi connectivity index (χ4v) is 1.63. The zero-order valence-electron chi connectivity index (χ0n) is 8.22. The van der Waals surface area contributed by atoms with Gasteiger partial charge in [-0.15, -0.1) is 0 Å². The number of sulfonamides is 1. The molecular formula is C7H11N3O4S. The molecule has 0 fully saturated rings. The van der Waals surface area contributed by atoms with E-state index in [0.29, 0.717) is 0 Å². The number of carbonyl (C=O) groups is 1. The smallest absolute Gasteiger partial charge is 0.300 e. The Kier molecular flexibility index (Phi) is 3.12. The predicted octanol–water partition coefficient (Wildman–Crippen LogP) is -0.867. The fraction of sp³-hybridized carbons (Fsp3) is 0.286. The maximum absolute atomic E-state index is 11.5. The molecule has 0 aromatic carbocycles. The minimum Gasteiger partial charge on any atom is -0.438 e. The Morgan fingerprint density at radius 1 is 1.47 bits per heavy atom. The summed E-state index contributed by atoms with van der Waals surface area (Å²) in [4.78, 5) is 11.0. The van der Waals surface area contributed by atoms with Crippen LogP contribution in [-0.4, -0.2) is 32.7 Å². The van der Waals surface area contributed by atoms with Crippen LogP contribution in [0.1, 0.15) is 10.6 Å². The van der Waals surface area contributed by atoms with E-state index in [1.807, 2.05) is 5.43 Å². The molecule has 1 amide bonds. The lowest BCUT2D eigenvalue weighted by molar-refractivity contribution is 0.0920. The lowest BCUT2D eigenvalue weighted by atomic mass is 10.4. The minimum atomic E-state index is -3.65. The fourth-order valence-electron chi connectivity index (χ4n) is 0.832. The van der Waals surface area contributed by atoms with Gasteiger partial charge >= 0.3 is 5.91 Å². The van der Waals surface area contributed by atoms with E-state index >= 15 is 0 Å². The first kappa shape index (κ1) is 11.7. The van der Waals surface area contributed by atoms with Crippen molar-refractivity contribution < 1.29 is 17.6 Å². The Balaban J connectivity index is 3.10. The molecule has 1 aromatic rings. The van der Waals surface area contributed by atoms with Gasteiger partial charge in [-0.1, -0.05) is 0 Å². The summed E-state index contributed by atoms with van der Waals surface area (Å²) in [5.41, 5.74) is 1.83. The van der Waals surface area contributed by atoms with E-state index < -0.39 is 15.9 Å². The zero-order chi connectivity index (χ0) is 11.6. The van der Waals surface area contributed by atoms with Crippen molar-refractivity contribution in [3.05, 3.63) is 17.9 Å². The van der Waals surface area contributed by atoms with Crippen LogP contribution >= 0.6 is 0 Å². The highest BCUT2D eigenvalue weighted by Crippen LogP contribution is 2.16. The van der Waals surface area contributed by atoms with E-state index in [4.69, 9.17) is 10.3 Å². The Morgan fingerprint density at radius 3 is 2.53 bits per heavy atom. The van der Waals surface area contributed by atoms with Gasteiger partial charge in [0.05, 0.1) is 0 Å². The first-order valence-corrected chi connectivity index (χ1v) is 5.37. The highest BCUT2D eigenvalue weighted by Gasteiger charge is 2.22. The third kappa shape index (κ3) is 2.17. The summed E-state index contributed by atoms with van der Waals surface area (Å²) in [6.45, 7) is 0. The molecule has 0 saturated carbocycles. The van der Waals surface area contributed by atoms with Crippen molar-refractivity contribution >= 4 is 15.9 Å². The van der Waals surface area contributed by atoms with E-state index in [1.54, 1.807) is 0 Å². The second-order valence-corrected chi connectivity index (χ2v) is 4.96. The van der Waals surface area contributed by atoms with Gasteiger partial charge < -0.3 is 4.42 Å². The molecule has 0 bridgehead atoms. The normalized spacial score (nSPS) is 11.7. The number of furan rings is 1. The molecule has 0 atom stereocenters. The number of rotatable bonds is 3. The average Bonchev–Trinajstić information content (AvgIpc) is 2.65. The van der Waals surface area contributed by atoms with E-state index in [2.05, 4.69) is 0 Å². The van der Waals surface area contributed by atoms with Crippen LogP contribution < -0.4 is 11.3 Å². The zero-order valence-corrected chi connectivity index (χ0v) is 9.04. The van der Waals surface area contributed by atoms with Crippen molar-refractivity contribution in [3.63, 3.8) is 0 Å². The van der Waals surface area contributed by atoms with Gasteiger partial charge in [-0.2, -0.15) is 0 Å². The summed E-state index contributed by atoms with van der Waals surface area (Å²) in [5.74, 6) is 4.02. The molecule has 1 aromatic heterocycles. The summed E-state index contributed by atoms with van der Waals surface area (Å²) >= 11 is 0. The third-order valence-corrected chi connectivity index (χ3v) is 3.36. The molecule has 1 heterocycles. The molecular weight excluding hydrogens is 222 g/mol. The van der Waals surface area contributed by atoms with Gasteiger partial charge in [0.15, 0.2) is 5.76 Å². The molecule has 0 spiro atoms. The first-order chi connectivity index (χ1) is 6.89. The summed E-state index contributed by atoms with van der Waals surface area (Å²) < 4.78 is 28.9. The van der Waals surface area contributed by atoms with Gasteiger partial charge in [0.1, 0.15) is 0 Å². The van der Waals surface area contributed by atoms with Crippen molar-refractivity contribution in [1.29, 1.82) is 0 Å². The molecule has 3 N–H and O–H groups in total. The Bertz CT molecular complexity index is 462. The second-order valence-electron chi connectivity index (χ2n) is 2.88. The Morgan fingerprint density at radius 2 is 2.07 bits per heavy atom. The van der Waals surface area contributed by atoms with Crippen LogP contribution in [0.2, 0.25) is 0 Å². The molecule has 0 aliphatic heterocycles. The van der Waals surface area contributed by atoms with Crippen LogP contribution in [0.4, 0.5) is 0 Å². The molecule has 0 aliphatic carbocycles. The average molecular weight is 233 g/mol.